The van der Waals surface area contributed by atoms with Gasteiger partial charge >= 0.3 is 12.1 Å². The highest BCUT2D eigenvalue weighted by atomic mass is 35.5. The SMILES string of the molecule is O=C(COC(=O)c1cc([N+](=O)[O-])ccc1Cl)Nc1ccccc1C(F)(F)F. The minimum absolute atomic E-state index is 0.145. The molecule has 2 aromatic rings. The van der Waals surface area contributed by atoms with Crippen LogP contribution in [-0.4, -0.2) is 23.4 Å². The van der Waals surface area contributed by atoms with E-state index in [1.165, 1.54) is 6.07 Å². The lowest BCUT2D eigenvalue weighted by Gasteiger charge is -2.13. The second-order valence-corrected chi connectivity index (χ2v) is 5.50. The second-order valence-electron chi connectivity index (χ2n) is 5.09. The van der Waals surface area contributed by atoms with Gasteiger partial charge in [-0.2, -0.15) is 13.2 Å². The molecule has 0 fully saturated rings. The van der Waals surface area contributed by atoms with Gasteiger partial charge in [0.15, 0.2) is 6.61 Å². The van der Waals surface area contributed by atoms with Gasteiger partial charge in [-0.05, 0) is 18.2 Å². The lowest BCUT2D eigenvalue weighted by molar-refractivity contribution is -0.384. The van der Waals surface area contributed by atoms with E-state index in [0.717, 1.165) is 36.4 Å². The van der Waals surface area contributed by atoms with Gasteiger partial charge in [0.25, 0.3) is 11.6 Å². The maximum Gasteiger partial charge on any atom is 0.418 e. The summed E-state index contributed by atoms with van der Waals surface area (Å²) in [6.07, 6.45) is -4.68. The molecule has 0 aromatic heterocycles. The van der Waals surface area contributed by atoms with E-state index in [4.69, 9.17) is 11.6 Å². The highest BCUT2D eigenvalue weighted by Crippen LogP contribution is 2.34. The molecule has 0 heterocycles. The van der Waals surface area contributed by atoms with Crippen molar-refractivity contribution in [3.05, 3.63) is 68.7 Å². The highest BCUT2D eigenvalue weighted by Gasteiger charge is 2.33. The molecule has 0 aliphatic heterocycles. The van der Waals surface area contributed by atoms with Crippen LogP contribution < -0.4 is 5.32 Å². The summed E-state index contributed by atoms with van der Waals surface area (Å²) >= 11 is 5.76. The number of carbonyl (C=O) groups is 2. The van der Waals surface area contributed by atoms with E-state index >= 15 is 0 Å². The van der Waals surface area contributed by atoms with E-state index in [0.29, 0.717) is 0 Å². The summed E-state index contributed by atoms with van der Waals surface area (Å²) in [6.45, 7) is -0.913. The van der Waals surface area contributed by atoms with Crippen molar-refractivity contribution in [1.29, 1.82) is 0 Å². The number of hydrogen-bond donors (Lipinski definition) is 1. The van der Waals surface area contributed by atoms with Crippen molar-refractivity contribution >= 4 is 34.9 Å². The maximum atomic E-state index is 12.9. The molecule has 0 saturated heterocycles. The van der Waals surface area contributed by atoms with Crippen LogP contribution in [0.3, 0.4) is 0 Å². The van der Waals surface area contributed by atoms with E-state index in [9.17, 15) is 32.9 Å². The summed E-state index contributed by atoms with van der Waals surface area (Å²) < 4.78 is 43.3. The van der Waals surface area contributed by atoms with Crippen molar-refractivity contribution < 1.29 is 32.4 Å². The summed E-state index contributed by atoms with van der Waals surface area (Å²) in [5.74, 6) is -2.16. The van der Waals surface area contributed by atoms with Gasteiger partial charge in [-0.1, -0.05) is 23.7 Å². The number of para-hydroxylation sites is 1. The number of benzene rings is 2. The largest absolute Gasteiger partial charge is 0.452 e. The van der Waals surface area contributed by atoms with Crippen LogP contribution in [0.15, 0.2) is 42.5 Å². The summed E-state index contributed by atoms with van der Waals surface area (Å²) in [6, 6.07) is 7.31. The lowest BCUT2D eigenvalue weighted by Crippen LogP contribution is -2.22. The second kappa shape index (κ2) is 8.04. The number of carbonyl (C=O) groups excluding carboxylic acids is 2. The minimum atomic E-state index is -4.68. The number of esters is 1. The van der Waals surface area contributed by atoms with Gasteiger partial charge in [0.1, 0.15) is 0 Å². The molecule has 0 aliphatic rings. The van der Waals surface area contributed by atoms with Gasteiger partial charge in [0, 0.05) is 12.1 Å². The van der Waals surface area contributed by atoms with Crippen LogP contribution in [0.2, 0.25) is 5.02 Å². The Labute approximate surface area is 154 Å². The fraction of sp³-hybridized carbons (Fsp3) is 0.125. The fourth-order valence-corrected chi connectivity index (χ4v) is 2.21. The fourth-order valence-electron chi connectivity index (χ4n) is 2.02. The van der Waals surface area contributed by atoms with E-state index in [1.54, 1.807) is 0 Å². The van der Waals surface area contributed by atoms with Crippen LogP contribution >= 0.6 is 11.6 Å². The first-order valence-corrected chi connectivity index (χ1v) is 7.54. The number of hydrogen-bond acceptors (Lipinski definition) is 5. The number of alkyl halides is 3. The predicted molar refractivity (Wildman–Crippen MR) is 88.5 cm³/mol. The number of non-ortho nitro benzene ring substituents is 1. The summed E-state index contributed by atoms with van der Waals surface area (Å²) in [4.78, 5) is 33.7. The summed E-state index contributed by atoms with van der Waals surface area (Å²) in [5, 5.41) is 12.6. The van der Waals surface area contributed by atoms with Crippen LogP contribution in [0.4, 0.5) is 24.5 Å². The standard InChI is InChI=1S/C16H10ClF3N2O5/c17-12-6-5-9(22(25)26)7-10(12)15(24)27-8-14(23)21-13-4-2-1-3-11(13)16(18,19)20/h1-7H,8H2,(H,21,23). The van der Waals surface area contributed by atoms with Gasteiger partial charge in [0.2, 0.25) is 0 Å². The minimum Gasteiger partial charge on any atom is -0.452 e. The Morgan fingerprint density at radius 3 is 2.48 bits per heavy atom. The van der Waals surface area contributed by atoms with Crippen molar-refractivity contribution in [1.82, 2.24) is 0 Å². The third kappa shape index (κ3) is 5.17. The smallest absolute Gasteiger partial charge is 0.418 e. The quantitative estimate of drug-likeness (QED) is 0.462. The molecule has 0 spiro atoms. The van der Waals surface area contributed by atoms with Crippen molar-refractivity contribution in [2.75, 3.05) is 11.9 Å². The summed E-state index contributed by atoms with van der Waals surface area (Å²) in [7, 11) is 0. The molecular weight excluding hydrogens is 393 g/mol. The van der Waals surface area contributed by atoms with Gasteiger partial charge < -0.3 is 10.1 Å². The highest BCUT2D eigenvalue weighted by molar-refractivity contribution is 6.33. The molecule has 7 nitrogen and oxygen atoms in total. The van der Waals surface area contributed by atoms with E-state index in [2.05, 4.69) is 4.74 Å². The number of halogens is 4. The number of nitrogens with zero attached hydrogens (tertiary/aromatic N) is 1. The zero-order valence-electron chi connectivity index (χ0n) is 13.2. The van der Waals surface area contributed by atoms with Gasteiger partial charge in [-0.25, -0.2) is 4.79 Å². The van der Waals surface area contributed by atoms with E-state index in [1.807, 2.05) is 5.32 Å². The number of anilines is 1. The number of ether oxygens (including phenoxy) is 1. The molecular formula is C16H10ClF3N2O5. The molecule has 1 N–H and O–H groups in total. The van der Waals surface area contributed by atoms with E-state index < -0.39 is 46.5 Å². The Bertz CT molecular complexity index is 902. The molecule has 142 valence electrons. The van der Waals surface area contributed by atoms with E-state index in [-0.39, 0.29) is 10.6 Å². The molecule has 0 unspecified atom stereocenters. The van der Waals surface area contributed by atoms with Crippen molar-refractivity contribution in [3.63, 3.8) is 0 Å². The molecule has 0 bridgehead atoms. The van der Waals surface area contributed by atoms with Crippen molar-refractivity contribution in [3.8, 4) is 0 Å². The Kier molecular flexibility index (Phi) is 6.01. The Balaban J connectivity index is 2.06. The van der Waals surface area contributed by atoms with Crippen LogP contribution in [0.1, 0.15) is 15.9 Å². The first kappa shape index (κ1) is 20.2. The first-order valence-electron chi connectivity index (χ1n) is 7.16. The monoisotopic (exact) mass is 402 g/mol. The zero-order valence-corrected chi connectivity index (χ0v) is 14.0. The Morgan fingerprint density at radius 1 is 1.19 bits per heavy atom. The molecule has 0 saturated carbocycles. The third-order valence-electron chi connectivity index (χ3n) is 3.22. The normalized spacial score (nSPS) is 11.0. The predicted octanol–water partition coefficient (Wildman–Crippen LogP) is 4.06. The van der Waals surface area contributed by atoms with Crippen molar-refractivity contribution in [2.45, 2.75) is 6.18 Å². The average molecular weight is 403 g/mol. The topological polar surface area (TPSA) is 98.5 Å². The van der Waals surface area contributed by atoms with Crippen LogP contribution in [-0.2, 0) is 15.7 Å². The van der Waals surface area contributed by atoms with Gasteiger partial charge in [-0.3, -0.25) is 14.9 Å². The zero-order chi connectivity index (χ0) is 20.2. The molecule has 0 aliphatic carbocycles. The van der Waals surface area contributed by atoms with Crippen LogP contribution in [0, 0.1) is 10.1 Å². The van der Waals surface area contributed by atoms with Gasteiger partial charge in [-0.15, -0.1) is 0 Å². The van der Waals surface area contributed by atoms with Crippen LogP contribution in [0.25, 0.3) is 0 Å². The maximum absolute atomic E-state index is 12.9. The molecule has 27 heavy (non-hydrogen) atoms. The van der Waals surface area contributed by atoms with Gasteiger partial charge in [0.05, 0.1) is 26.8 Å². The number of nitro benzene ring substituents is 1. The van der Waals surface area contributed by atoms with Crippen LogP contribution in [0.5, 0.6) is 0 Å². The molecule has 2 rings (SSSR count). The molecule has 0 atom stereocenters. The molecule has 0 radical (unpaired) electrons. The lowest BCUT2D eigenvalue weighted by atomic mass is 10.1. The molecule has 1 amide bonds. The number of nitrogens with one attached hydrogen (secondary N) is 1. The third-order valence-corrected chi connectivity index (χ3v) is 3.55. The molecule has 2 aromatic carbocycles. The summed E-state index contributed by atoms with van der Waals surface area (Å²) in [5.41, 5.74) is -2.34. The Hall–Kier alpha value is -3.14. The number of amides is 1. The molecule has 11 heteroatoms. The number of rotatable bonds is 5. The number of nitro groups is 1. The average Bonchev–Trinajstić information content (AvgIpc) is 2.59. The van der Waals surface area contributed by atoms with Crippen molar-refractivity contribution in [2.24, 2.45) is 0 Å². The first-order chi connectivity index (χ1) is 12.6. The Morgan fingerprint density at radius 2 is 1.85 bits per heavy atom.